The van der Waals surface area contributed by atoms with Gasteiger partial charge in [-0.05, 0) is 48.3 Å². The second-order valence-corrected chi connectivity index (χ2v) is 6.04. The van der Waals surface area contributed by atoms with Crippen LogP contribution in [0, 0.1) is 3.57 Å². The molecule has 1 aliphatic carbocycles. The number of rotatable bonds is 7. The molecule has 0 spiro atoms. The van der Waals surface area contributed by atoms with Gasteiger partial charge in [-0.1, -0.05) is 13.8 Å². The van der Waals surface area contributed by atoms with Crippen molar-refractivity contribution in [1.82, 2.24) is 9.97 Å². The highest BCUT2D eigenvalue weighted by atomic mass is 127. The van der Waals surface area contributed by atoms with E-state index in [1.807, 2.05) is 0 Å². The second kappa shape index (κ2) is 6.83. The Labute approximate surface area is 128 Å². The molecule has 1 aromatic heterocycles. The van der Waals surface area contributed by atoms with Gasteiger partial charge in [0.25, 0.3) is 0 Å². The SMILES string of the molecule is CCCNc1nc(C(CC)OC)nc(C2CC2)c1I. The fourth-order valence-electron chi connectivity index (χ4n) is 2.07. The highest BCUT2D eigenvalue weighted by molar-refractivity contribution is 14.1. The van der Waals surface area contributed by atoms with Crippen molar-refractivity contribution in [2.24, 2.45) is 0 Å². The summed E-state index contributed by atoms with van der Waals surface area (Å²) in [6, 6.07) is 0. The molecule has 1 saturated carbocycles. The van der Waals surface area contributed by atoms with Crippen LogP contribution in [0.3, 0.4) is 0 Å². The summed E-state index contributed by atoms with van der Waals surface area (Å²) in [5.41, 5.74) is 1.21. The summed E-state index contributed by atoms with van der Waals surface area (Å²) in [5, 5.41) is 3.41. The maximum atomic E-state index is 5.48. The Bertz CT molecular complexity index is 431. The number of aromatic nitrogens is 2. The number of hydrogen-bond acceptors (Lipinski definition) is 4. The van der Waals surface area contributed by atoms with Crippen molar-refractivity contribution < 1.29 is 4.74 Å². The minimum absolute atomic E-state index is 0.00308. The average Bonchev–Trinajstić information content (AvgIpc) is 3.24. The Morgan fingerprint density at radius 2 is 2.11 bits per heavy atom. The van der Waals surface area contributed by atoms with Crippen molar-refractivity contribution >= 4 is 28.4 Å². The standard InChI is InChI=1S/C14H22IN3O/c1-4-8-16-14-11(15)12(9-6-7-9)17-13(18-14)10(5-2)19-3/h9-10H,4-8H2,1-3H3,(H,16,17,18). The third-order valence-corrected chi connectivity index (χ3v) is 4.41. The zero-order chi connectivity index (χ0) is 13.8. The predicted molar refractivity (Wildman–Crippen MR) is 85.5 cm³/mol. The van der Waals surface area contributed by atoms with Crippen LogP contribution in [-0.2, 0) is 4.74 Å². The molecule has 0 aliphatic heterocycles. The monoisotopic (exact) mass is 375 g/mol. The van der Waals surface area contributed by atoms with Crippen molar-refractivity contribution in [3.63, 3.8) is 0 Å². The highest BCUT2D eigenvalue weighted by Crippen LogP contribution is 2.42. The van der Waals surface area contributed by atoms with Crippen molar-refractivity contribution in [3.05, 3.63) is 15.1 Å². The minimum Gasteiger partial charge on any atom is -0.373 e. The van der Waals surface area contributed by atoms with Gasteiger partial charge in [0.1, 0.15) is 11.9 Å². The molecular formula is C14H22IN3O. The smallest absolute Gasteiger partial charge is 0.159 e. The number of hydrogen-bond donors (Lipinski definition) is 1. The summed E-state index contributed by atoms with van der Waals surface area (Å²) < 4.78 is 6.67. The van der Waals surface area contributed by atoms with Crippen LogP contribution in [0.4, 0.5) is 5.82 Å². The molecule has 0 radical (unpaired) electrons. The van der Waals surface area contributed by atoms with Crippen molar-refractivity contribution in [2.45, 2.75) is 51.6 Å². The van der Waals surface area contributed by atoms with Gasteiger partial charge in [-0.25, -0.2) is 9.97 Å². The van der Waals surface area contributed by atoms with Crippen LogP contribution < -0.4 is 5.32 Å². The van der Waals surface area contributed by atoms with Crippen LogP contribution in [0.2, 0.25) is 0 Å². The molecule has 5 heteroatoms. The Hall–Kier alpha value is -0.430. The van der Waals surface area contributed by atoms with E-state index in [2.05, 4.69) is 46.7 Å². The Morgan fingerprint density at radius 1 is 1.37 bits per heavy atom. The lowest BCUT2D eigenvalue weighted by Crippen LogP contribution is -2.13. The first kappa shape index (κ1) is 15.0. The lowest BCUT2D eigenvalue weighted by molar-refractivity contribution is 0.0924. The fourth-order valence-corrected chi connectivity index (χ4v) is 2.94. The maximum absolute atomic E-state index is 5.48. The van der Waals surface area contributed by atoms with Gasteiger partial charge in [-0.3, -0.25) is 0 Å². The summed E-state index contributed by atoms with van der Waals surface area (Å²) in [7, 11) is 1.73. The molecule has 1 aliphatic rings. The van der Waals surface area contributed by atoms with E-state index in [1.165, 1.54) is 22.1 Å². The van der Waals surface area contributed by atoms with E-state index in [0.29, 0.717) is 5.92 Å². The Balaban J connectivity index is 2.35. The number of ether oxygens (including phenoxy) is 1. The Kier molecular flexibility index (Phi) is 5.38. The van der Waals surface area contributed by atoms with Gasteiger partial charge in [0.15, 0.2) is 5.82 Å². The van der Waals surface area contributed by atoms with E-state index in [0.717, 1.165) is 31.0 Å². The van der Waals surface area contributed by atoms with Gasteiger partial charge in [-0.15, -0.1) is 0 Å². The normalized spacial score (nSPS) is 16.4. The van der Waals surface area contributed by atoms with Gasteiger partial charge in [-0.2, -0.15) is 0 Å². The molecule has 2 rings (SSSR count). The van der Waals surface area contributed by atoms with Crippen molar-refractivity contribution in [2.75, 3.05) is 19.0 Å². The maximum Gasteiger partial charge on any atom is 0.159 e. The topological polar surface area (TPSA) is 47.0 Å². The van der Waals surface area contributed by atoms with E-state index in [9.17, 15) is 0 Å². The largest absolute Gasteiger partial charge is 0.373 e. The molecule has 0 amide bonds. The summed E-state index contributed by atoms with van der Waals surface area (Å²) in [5.74, 6) is 2.43. The van der Waals surface area contributed by atoms with Crippen LogP contribution in [0.1, 0.15) is 63.1 Å². The van der Waals surface area contributed by atoms with Gasteiger partial charge in [0, 0.05) is 19.6 Å². The number of nitrogens with zero attached hydrogens (tertiary/aromatic N) is 2. The first-order valence-electron chi connectivity index (χ1n) is 7.05. The molecule has 1 fully saturated rings. The quantitative estimate of drug-likeness (QED) is 0.735. The molecule has 0 aromatic carbocycles. The number of methoxy groups -OCH3 is 1. The minimum atomic E-state index is -0.00308. The molecule has 106 valence electrons. The molecule has 19 heavy (non-hydrogen) atoms. The van der Waals surface area contributed by atoms with Crippen LogP contribution in [0.25, 0.3) is 0 Å². The van der Waals surface area contributed by atoms with Crippen LogP contribution in [-0.4, -0.2) is 23.6 Å². The van der Waals surface area contributed by atoms with E-state index >= 15 is 0 Å². The molecule has 1 N–H and O–H groups in total. The van der Waals surface area contributed by atoms with Gasteiger partial charge in [0.05, 0.1) is 9.26 Å². The molecule has 1 unspecified atom stereocenters. The van der Waals surface area contributed by atoms with Crippen LogP contribution >= 0.6 is 22.6 Å². The van der Waals surface area contributed by atoms with Crippen molar-refractivity contribution in [3.8, 4) is 0 Å². The molecule has 4 nitrogen and oxygen atoms in total. The summed E-state index contributed by atoms with van der Waals surface area (Å²) >= 11 is 2.37. The van der Waals surface area contributed by atoms with Gasteiger partial charge in [0.2, 0.25) is 0 Å². The first-order valence-corrected chi connectivity index (χ1v) is 8.13. The number of halogens is 1. The predicted octanol–water partition coefficient (Wildman–Crippen LogP) is 3.88. The second-order valence-electron chi connectivity index (χ2n) is 4.96. The van der Waals surface area contributed by atoms with Gasteiger partial charge >= 0.3 is 0 Å². The lowest BCUT2D eigenvalue weighted by atomic mass is 10.2. The third kappa shape index (κ3) is 3.56. The lowest BCUT2D eigenvalue weighted by Gasteiger charge is -2.16. The summed E-state index contributed by atoms with van der Waals surface area (Å²) in [6.45, 7) is 5.21. The van der Waals surface area contributed by atoms with E-state index < -0.39 is 0 Å². The molecule has 1 atom stereocenters. The molecule has 0 bridgehead atoms. The number of nitrogens with one attached hydrogen (secondary N) is 1. The first-order chi connectivity index (χ1) is 9.21. The average molecular weight is 375 g/mol. The van der Waals surface area contributed by atoms with Crippen LogP contribution in [0.15, 0.2) is 0 Å². The third-order valence-electron chi connectivity index (χ3n) is 3.34. The Morgan fingerprint density at radius 3 is 2.63 bits per heavy atom. The van der Waals surface area contributed by atoms with Gasteiger partial charge < -0.3 is 10.1 Å². The molecule has 1 aromatic rings. The van der Waals surface area contributed by atoms with E-state index in [4.69, 9.17) is 9.72 Å². The van der Waals surface area contributed by atoms with E-state index in [-0.39, 0.29) is 6.10 Å². The molecule has 1 heterocycles. The summed E-state index contributed by atoms with van der Waals surface area (Å²) in [6.07, 6.45) is 4.49. The van der Waals surface area contributed by atoms with Crippen LogP contribution in [0.5, 0.6) is 0 Å². The highest BCUT2D eigenvalue weighted by Gasteiger charge is 2.30. The van der Waals surface area contributed by atoms with E-state index in [1.54, 1.807) is 7.11 Å². The summed E-state index contributed by atoms with van der Waals surface area (Å²) in [4.78, 5) is 9.43. The number of anilines is 1. The molecule has 0 saturated heterocycles. The molecular weight excluding hydrogens is 353 g/mol. The zero-order valence-corrected chi connectivity index (χ0v) is 14.0. The van der Waals surface area contributed by atoms with Crippen molar-refractivity contribution in [1.29, 1.82) is 0 Å². The fraction of sp³-hybridized carbons (Fsp3) is 0.714. The zero-order valence-electron chi connectivity index (χ0n) is 11.9.